The van der Waals surface area contributed by atoms with E-state index < -0.39 is 0 Å². The summed E-state index contributed by atoms with van der Waals surface area (Å²) in [5.74, 6) is 0.340. The number of allylic oxidation sites excluding steroid dienone is 3. The van der Waals surface area contributed by atoms with Crippen LogP contribution in [0.1, 0.15) is 53.8 Å². The van der Waals surface area contributed by atoms with Gasteiger partial charge in [-0.2, -0.15) is 13.3 Å². The number of thioether (sulfide) groups is 2. The zero-order valence-corrected chi connectivity index (χ0v) is 38.9. The Hall–Kier alpha value is -4.57. The predicted molar refractivity (Wildman–Crippen MR) is 256 cm³/mol. The second kappa shape index (κ2) is 18.4. The smallest absolute Gasteiger partial charge is 0.263 e. The number of nitrogens with one attached hydrogen (secondary N) is 1. The SMILES string of the molecule is CCCCN1/C(=C/C2=C([O-])C(=C\c3sc4ccccc4[n+]3CCCCC(=O)NCCSc3cc(-c4ccc(C)s4)c4nsnc4c3-c3ccc(C)s3)/C2=O)Sc2ccccc21. The highest BCUT2D eigenvalue weighted by atomic mass is 32.2. The average molecular weight is 918 g/mol. The van der Waals surface area contributed by atoms with E-state index in [2.05, 4.69) is 90.2 Å². The molecule has 1 amide bonds. The predicted octanol–water partition coefficient (Wildman–Crippen LogP) is 11.2. The van der Waals surface area contributed by atoms with Crippen molar-refractivity contribution in [1.29, 1.82) is 0 Å². The highest BCUT2D eigenvalue weighted by Crippen LogP contribution is 2.48. The largest absolute Gasteiger partial charge is 0.871 e. The Balaban J connectivity index is 0.835. The molecule has 0 spiro atoms. The number of hydrogen-bond acceptors (Lipinski definition) is 12. The Morgan fingerprint density at radius 2 is 1.67 bits per heavy atom. The van der Waals surface area contributed by atoms with Crippen molar-refractivity contribution in [3.63, 3.8) is 0 Å². The molecule has 0 saturated carbocycles. The summed E-state index contributed by atoms with van der Waals surface area (Å²) >= 11 is 9.72. The molecular weight excluding hydrogens is 875 g/mol. The second-order valence-electron chi connectivity index (χ2n) is 15.0. The number of ketones is 1. The molecule has 5 heterocycles. The molecule has 2 aliphatic rings. The van der Waals surface area contributed by atoms with Gasteiger partial charge in [0.2, 0.25) is 11.4 Å². The van der Waals surface area contributed by atoms with E-state index in [0.717, 1.165) is 89.5 Å². The molecule has 1 aliphatic heterocycles. The molecule has 4 aromatic heterocycles. The summed E-state index contributed by atoms with van der Waals surface area (Å²) in [6.45, 7) is 8.46. The minimum Gasteiger partial charge on any atom is -0.871 e. The lowest BCUT2D eigenvalue weighted by Crippen LogP contribution is -2.36. The number of thiophene rings is 2. The third-order valence-corrected chi connectivity index (χ3v) is 16.6. The first-order valence-electron chi connectivity index (χ1n) is 20.4. The lowest BCUT2D eigenvalue weighted by molar-refractivity contribution is -0.669. The van der Waals surface area contributed by atoms with Crippen molar-refractivity contribution in [1.82, 2.24) is 14.1 Å². The minimum absolute atomic E-state index is 0.0331. The maximum atomic E-state index is 13.6. The maximum absolute atomic E-state index is 13.6. The molecule has 9 rings (SSSR count). The number of thiazole rings is 1. The first-order valence-corrected chi connectivity index (χ1v) is 25.4. The summed E-state index contributed by atoms with van der Waals surface area (Å²) in [6.07, 6.45) is 7.53. The number of benzene rings is 3. The Bertz CT molecular complexity index is 2900. The lowest BCUT2D eigenvalue weighted by atomic mass is 9.88. The second-order valence-corrected chi connectivity index (χ2v) is 21.3. The summed E-state index contributed by atoms with van der Waals surface area (Å²) in [4.78, 5) is 36.0. The third-order valence-electron chi connectivity index (χ3n) is 10.7. The van der Waals surface area contributed by atoms with Crippen molar-refractivity contribution in [2.75, 3.05) is 23.7 Å². The van der Waals surface area contributed by atoms with Gasteiger partial charge in [-0.25, -0.2) is 0 Å². The normalized spacial score (nSPS) is 15.2. The van der Waals surface area contributed by atoms with Gasteiger partial charge in [0, 0.05) is 95.4 Å². The van der Waals surface area contributed by atoms with E-state index in [1.54, 1.807) is 69.7 Å². The summed E-state index contributed by atoms with van der Waals surface area (Å²) < 4.78 is 12.8. The van der Waals surface area contributed by atoms with Gasteiger partial charge in [0.1, 0.15) is 15.7 Å². The molecule has 61 heavy (non-hydrogen) atoms. The topological polar surface area (TPSA) is 102 Å². The number of carbonyl (C=O) groups is 2. The van der Waals surface area contributed by atoms with Gasteiger partial charge in [0.25, 0.3) is 5.01 Å². The lowest BCUT2D eigenvalue weighted by Gasteiger charge is -2.29. The number of Topliss-reactive ketones (excluding diaryl/α,β-unsaturated/α-hetero) is 1. The molecule has 0 radical (unpaired) electrons. The van der Waals surface area contributed by atoms with Crippen LogP contribution in [0.2, 0.25) is 0 Å². The number of anilines is 1. The molecule has 0 unspecified atom stereocenters. The van der Waals surface area contributed by atoms with Crippen molar-refractivity contribution in [3.8, 4) is 20.9 Å². The molecule has 7 aromatic rings. The third kappa shape index (κ3) is 8.63. The van der Waals surface area contributed by atoms with E-state index in [-0.39, 0.29) is 28.6 Å². The van der Waals surface area contributed by atoms with Crippen molar-refractivity contribution >= 4 is 114 Å². The van der Waals surface area contributed by atoms with Gasteiger partial charge in [0.05, 0.1) is 22.4 Å². The first-order chi connectivity index (χ1) is 29.8. The van der Waals surface area contributed by atoms with Crippen LogP contribution in [0.3, 0.4) is 0 Å². The molecule has 0 fully saturated rings. The van der Waals surface area contributed by atoms with E-state index in [4.69, 9.17) is 8.75 Å². The van der Waals surface area contributed by atoms with Crippen LogP contribution in [0.25, 0.3) is 48.2 Å². The van der Waals surface area contributed by atoms with E-state index >= 15 is 0 Å². The van der Waals surface area contributed by atoms with Gasteiger partial charge in [-0.1, -0.05) is 66.5 Å². The van der Waals surface area contributed by atoms with E-state index in [9.17, 15) is 14.7 Å². The number of rotatable bonds is 16. The number of amides is 1. The Morgan fingerprint density at radius 1 is 0.902 bits per heavy atom. The van der Waals surface area contributed by atoms with Crippen LogP contribution in [0, 0.1) is 13.8 Å². The highest BCUT2D eigenvalue weighted by Gasteiger charge is 2.32. The zero-order chi connectivity index (χ0) is 42.0. The van der Waals surface area contributed by atoms with Crippen LogP contribution < -0.4 is 19.9 Å². The quantitative estimate of drug-likeness (QED) is 0.0443. The van der Waals surface area contributed by atoms with Crippen LogP contribution in [0.5, 0.6) is 0 Å². The number of aryl methyl sites for hydroxylation is 3. The van der Waals surface area contributed by atoms with Crippen LogP contribution in [0.4, 0.5) is 5.69 Å². The maximum Gasteiger partial charge on any atom is 0.263 e. The van der Waals surface area contributed by atoms with Crippen LogP contribution >= 0.6 is 69.3 Å². The molecule has 310 valence electrons. The Labute approximate surface area is 380 Å². The van der Waals surface area contributed by atoms with Crippen molar-refractivity contribution < 1.29 is 19.3 Å². The van der Waals surface area contributed by atoms with E-state index in [0.29, 0.717) is 25.9 Å². The van der Waals surface area contributed by atoms with Gasteiger partial charge in [-0.05, 0) is 81.3 Å². The molecule has 1 aliphatic carbocycles. The fourth-order valence-electron chi connectivity index (χ4n) is 7.64. The molecule has 14 heteroatoms. The number of nitrogens with zero attached hydrogens (tertiary/aromatic N) is 4. The fraction of sp³-hybridized carbons (Fsp3) is 0.255. The minimum atomic E-state index is -0.208. The Kier molecular flexibility index (Phi) is 12.6. The number of fused-ring (bicyclic) bond motifs is 3. The number of hydrogen-bond donors (Lipinski definition) is 1. The van der Waals surface area contributed by atoms with Gasteiger partial charge < -0.3 is 15.3 Å². The van der Waals surface area contributed by atoms with E-state index in [1.807, 2.05) is 24.3 Å². The van der Waals surface area contributed by atoms with Gasteiger partial charge in [0.15, 0.2) is 12.3 Å². The van der Waals surface area contributed by atoms with Crippen molar-refractivity contribution in [3.05, 3.63) is 122 Å². The number of para-hydroxylation sites is 2. The van der Waals surface area contributed by atoms with Crippen molar-refractivity contribution in [2.24, 2.45) is 0 Å². The molecule has 1 N–H and O–H groups in total. The standard InChI is InChI=1S/C47H43N5O3S6/c1-4-5-22-51-33-12-6-8-14-36(33)59-41(51)26-31-46(54)32(47(31)55)27-42-52(34-13-7-9-15-37(34)60-42)23-11-10-16-40(53)48-21-24-56-39-25-30(35-19-17-28(2)57-35)44-45(50-61-49-44)43(39)38-20-18-29(3)58-38/h6-9,12-15,17-20,25-27H,4-5,10-11,16,21-24H2,1-3H3,(H-,48,53,54,55). The van der Waals surface area contributed by atoms with Gasteiger partial charge in [-0.3, -0.25) is 9.59 Å². The molecule has 8 nitrogen and oxygen atoms in total. The van der Waals surface area contributed by atoms with Gasteiger partial charge >= 0.3 is 0 Å². The zero-order valence-electron chi connectivity index (χ0n) is 34.0. The first kappa shape index (κ1) is 41.8. The van der Waals surface area contributed by atoms with Crippen LogP contribution in [-0.2, 0) is 16.1 Å². The molecule has 0 atom stereocenters. The number of carbonyl (C=O) groups excluding carboxylic acids is 2. The number of aromatic nitrogens is 3. The molecule has 3 aromatic carbocycles. The molecule has 0 bridgehead atoms. The Morgan fingerprint density at radius 3 is 2.46 bits per heavy atom. The average Bonchev–Trinajstić information content (AvgIpc) is 4.12. The van der Waals surface area contributed by atoms with Crippen LogP contribution in [0.15, 0.2) is 117 Å². The fourth-order valence-corrected chi connectivity index (χ4v) is 13.3. The summed E-state index contributed by atoms with van der Waals surface area (Å²) in [7, 11) is 0. The molecular formula is C47H43N5O3S6. The summed E-state index contributed by atoms with van der Waals surface area (Å²) in [5.41, 5.74) is 6.75. The van der Waals surface area contributed by atoms with Crippen molar-refractivity contribution in [2.45, 2.75) is 69.2 Å². The summed E-state index contributed by atoms with van der Waals surface area (Å²) in [5, 5.41) is 18.5. The number of unbranched alkanes of at least 4 members (excludes halogenated alkanes) is 2. The molecule has 0 saturated heterocycles. The monoisotopic (exact) mass is 917 g/mol. The van der Waals surface area contributed by atoms with E-state index in [1.165, 1.54) is 31.2 Å². The highest BCUT2D eigenvalue weighted by molar-refractivity contribution is 8.03. The van der Waals surface area contributed by atoms with Crippen LogP contribution in [-0.4, -0.2) is 39.3 Å². The summed E-state index contributed by atoms with van der Waals surface area (Å²) in [6, 6.07) is 27.3. The van der Waals surface area contributed by atoms with Gasteiger partial charge in [-0.15, -0.1) is 34.4 Å².